The number of alkyl halides is 3. The van der Waals surface area contributed by atoms with E-state index < -0.39 is 11.7 Å². The van der Waals surface area contributed by atoms with Crippen molar-refractivity contribution in [3.63, 3.8) is 0 Å². The first-order valence-corrected chi connectivity index (χ1v) is 11.5. The summed E-state index contributed by atoms with van der Waals surface area (Å²) in [4.78, 5) is 8.89. The van der Waals surface area contributed by atoms with Crippen LogP contribution >= 0.6 is 0 Å². The van der Waals surface area contributed by atoms with Crippen molar-refractivity contribution >= 4 is 11.0 Å². The lowest BCUT2D eigenvalue weighted by atomic mass is 10.1. The molecule has 0 aliphatic carbocycles. The number of furan rings is 1. The molecule has 34 heavy (non-hydrogen) atoms. The second-order valence-electron chi connectivity index (χ2n) is 8.81. The van der Waals surface area contributed by atoms with E-state index in [2.05, 4.69) is 33.0 Å². The van der Waals surface area contributed by atoms with Crippen LogP contribution in [0.2, 0.25) is 0 Å². The van der Waals surface area contributed by atoms with Crippen LogP contribution in [-0.2, 0) is 19.3 Å². The Morgan fingerprint density at radius 3 is 2.29 bits per heavy atom. The van der Waals surface area contributed by atoms with Crippen molar-refractivity contribution in [2.75, 3.05) is 26.2 Å². The Bertz CT molecular complexity index is 1240. The fourth-order valence-electron chi connectivity index (χ4n) is 4.51. The zero-order chi connectivity index (χ0) is 23.5. The van der Waals surface area contributed by atoms with Gasteiger partial charge in [0, 0.05) is 43.0 Å². The van der Waals surface area contributed by atoms with Crippen LogP contribution in [0.5, 0.6) is 0 Å². The van der Waals surface area contributed by atoms with Crippen LogP contribution in [0.15, 0.2) is 77.5 Å². The maximum absolute atomic E-state index is 12.8. The number of fused-ring (bicyclic) bond motifs is 1. The second-order valence-corrected chi connectivity index (χ2v) is 8.81. The lowest BCUT2D eigenvalue weighted by Crippen LogP contribution is -2.30. The quantitative estimate of drug-likeness (QED) is 0.350. The summed E-state index contributed by atoms with van der Waals surface area (Å²) in [5, 5.41) is 1.08. The summed E-state index contributed by atoms with van der Waals surface area (Å²) in [5.41, 5.74) is 3.37. The Morgan fingerprint density at radius 1 is 0.824 bits per heavy atom. The molecule has 176 valence electrons. The summed E-state index contributed by atoms with van der Waals surface area (Å²) in [6, 6.07) is 17.8. The fraction of sp³-hybridized carbons (Fsp3) is 0.296. The van der Waals surface area contributed by atoms with Gasteiger partial charge in [-0.1, -0.05) is 24.3 Å². The topological polar surface area (TPSA) is 32.5 Å². The highest BCUT2D eigenvalue weighted by Gasteiger charge is 2.30. The molecule has 5 rings (SSSR count). The SMILES string of the molecule is FC(F)(F)c1ccc(CN2CCCN(Cc3cc4cc(-c5cccnc5)ccc4o3)CC2)cc1. The second kappa shape index (κ2) is 9.60. The Kier molecular flexibility index (Phi) is 6.39. The molecule has 0 spiro atoms. The summed E-state index contributed by atoms with van der Waals surface area (Å²) >= 11 is 0. The standard InChI is InChI=1S/C27H26F3N3O/c28-27(29,30)24-7-4-20(5-8-24)18-32-11-2-12-33(14-13-32)19-25-16-23-15-21(6-9-26(23)34-25)22-3-1-10-31-17-22/h1,3-10,15-17H,2,11-14,18-19H2. The van der Waals surface area contributed by atoms with Crippen molar-refractivity contribution in [1.82, 2.24) is 14.8 Å². The summed E-state index contributed by atoms with van der Waals surface area (Å²) in [5.74, 6) is 0.939. The van der Waals surface area contributed by atoms with Gasteiger partial charge in [-0.2, -0.15) is 13.2 Å². The van der Waals surface area contributed by atoms with Gasteiger partial charge in [0.05, 0.1) is 12.1 Å². The van der Waals surface area contributed by atoms with E-state index >= 15 is 0 Å². The number of pyridine rings is 1. The van der Waals surface area contributed by atoms with Gasteiger partial charge in [0.15, 0.2) is 0 Å². The molecule has 1 fully saturated rings. The zero-order valence-electron chi connectivity index (χ0n) is 18.8. The fourth-order valence-corrected chi connectivity index (χ4v) is 4.51. The number of aromatic nitrogens is 1. The minimum absolute atomic E-state index is 0.600. The van der Waals surface area contributed by atoms with Crippen LogP contribution in [0, 0.1) is 0 Å². The molecular formula is C27H26F3N3O. The summed E-state index contributed by atoms with van der Waals surface area (Å²) in [7, 11) is 0. The van der Waals surface area contributed by atoms with E-state index in [1.54, 1.807) is 18.3 Å². The van der Waals surface area contributed by atoms with Gasteiger partial charge in [-0.25, -0.2) is 0 Å². The molecule has 2 aromatic carbocycles. The van der Waals surface area contributed by atoms with Crippen LogP contribution in [0.25, 0.3) is 22.1 Å². The molecule has 4 aromatic rings. The summed E-state index contributed by atoms with van der Waals surface area (Å²) < 4.78 is 44.5. The van der Waals surface area contributed by atoms with E-state index in [0.717, 1.165) is 72.6 Å². The molecule has 0 radical (unpaired) electrons. The maximum Gasteiger partial charge on any atom is 0.416 e. The summed E-state index contributed by atoms with van der Waals surface area (Å²) in [6.07, 6.45) is 0.338. The number of hydrogen-bond donors (Lipinski definition) is 0. The molecule has 3 heterocycles. The minimum atomic E-state index is -4.29. The van der Waals surface area contributed by atoms with Crippen LogP contribution in [0.3, 0.4) is 0 Å². The predicted molar refractivity (Wildman–Crippen MR) is 126 cm³/mol. The lowest BCUT2D eigenvalue weighted by Gasteiger charge is -2.21. The van der Waals surface area contributed by atoms with Crippen molar-refractivity contribution in [2.24, 2.45) is 0 Å². The molecule has 0 N–H and O–H groups in total. The highest BCUT2D eigenvalue weighted by atomic mass is 19.4. The molecule has 7 heteroatoms. The molecule has 0 bridgehead atoms. The van der Waals surface area contributed by atoms with Gasteiger partial charge in [0.2, 0.25) is 0 Å². The molecule has 1 saturated heterocycles. The van der Waals surface area contributed by atoms with Crippen molar-refractivity contribution in [2.45, 2.75) is 25.7 Å². The van der Waals surface area contributed by atoms with E-state index in [4.69, 9.17) is 4.42 Å². The van der Waals surface area contributed by atoms with Gasteiger partial charge in [-0.05, 0) is 67.0 Å². The molecule has 0 atom stereocenters. The number of benzene rings is 2. The average Bonchev–Trinajstić information content (AvgIpc) is 3.11. The normalized spacial score (nSPS) is 16.1. The van der Waals surface area contributed by atoms with Crippen LogP contribution < -0.4 is 0 Å². The number of rotatable bonds is 5. The smallest absolute Gasteiger partial charge is 0.416 e. The van der Waals surface area contributed by atoms with Crippen LogP contribution in [0.4, 0.5) is 13.2 Å². The van der Waals surface area contributed by atoms with Gasteiger partial charge in [-0.3, -0.25) is 14.8 Å². The van der Waals surface area contributed by atoms with E-state index in [0.29, 0.717) is 6.54 Å². The van der Waals surface area contributed by atoms with E-state index in [-0.39, 0.29) is 0 Å². The van der Waals surface area contributed by atoms with Crippen LogP contribution in [-0.4, -0.2) is 41.0 Å². The predicted octanol–water partition coefficient (Wildman–Crippen LogP) is 6.22. The van der Waals surface area contributed by atoms with Gasteiger partial charge < -0.3 is 4.42 Å². The highest BCUT2D eigenvalue weighted by molar-refractivity contribution is 5.83. The molecule has 1 aliphatic rings. The van der Waals surface area contributed by atoms with Gasteiger partial charge in [0.1, 0.15) is 11.3 Å². The van der Waals surface area contributed by atoms with Gasteiger partial charge >= 0.3 is 6.18 Å². The molecule has 2 aromatic heterocycles. The highest BCUT2D eigenvalue weighted by Crippen LogP contribution is 2.30. The molecule has 1 aliphatic heterocycles. The van der Waals surface area contributed by atoms with E-state index in [9.17, 15) is 13.2 Å². The van der Waals surface area contributed by atoms with Gasteiger partial charge in [-0.15, -0.1) is 0 Å². The van der Waals surface area contributed by atoms with Crippen molar-refractivity contribution in [3.8, 4) is 11.1 Å². The average molecular weight is 466 g/mol. The van der Waals surface area contributed by atoms with Crippen LogP contribution in [0.1, 0.15) is 23.3 Å². The zero-order valence-corrected chi connectivity index (χ0v) is 18.8. The van der Waals surface area contributed by atoms with Crippen molar-refractivity contribution < 1.29 is 17.6 Å². The Balaban J connectivity index is 1.20. The number of hydrogen-bond acceptors (Lipinski definition) is 4. The first-order valence-electron chi connectivity index (χ1n) is 11.5. The van der Waals surface area contributed by atoms with Crippen molar-refractivity contribution in [3.05, 3.63) is 89.9 Å². The Hall–Kier alpha value is -3.16. The maximum atomic E-state index is 12.8. The lowest BCUT2D eigenvalue weighted by molar-refractivity contribution is -0.137. The first kappa shape index (κ1) is 22.6. The third kappa shape index (κ3) is 5.32. The molecule has 0 unspecified atom stereocenters. The summed E-state index contributed by atoms with van der Waals surface area (Å²) in [6.45, 7) is 5.04. The monoisotopic (exact) mass is 465 g/mol. The molecular weight excluding hydrogens is 439 g/mol. The van der Waals surface area contributed by atoms with Crippen molar-refractivity contribution in [1.29, 1.82) is 0 Å². The Labute approximate surface area is 196 Å². The minimum Gasteiger partial charge on any atom is -0.460 e. The first-order chi connectivity index (χ1) is 16.4. The number of nitrogens with zero attached hydrogens (tertiary/aromatic N) is 3. The van der Waals surface area contributed by atoms with Gasteiger partial charge in [0.25, 0.3) is 0 Å². The molecule has 0 amide bonds. The number of halogens is 3. The third-order valence-corrected chi connectivity index (χ3v) is 6.31. The molecule has 4 nitrogen and oxygen atoms in total. The Morgan fingerprint density at radius 2 is 1.59 bits per heavy atom. The third-order valence-electron chi connectivity index (χ3n) is 6.31. The molecule has 0 saturated carbocycles. The van der Waals surface area contributed by atoms with E-state index in [1.807, 2.05) is 24.4 Å². The van der Waals surface area contributed by atoms with E-state index in [1.165, 1.54) is 12.1 Å². The largest absolute Gasteiger partial charge is 0.460 e.